The average molecular weight is 425 g/mol. The van der Waals surface area contributed by atoms with Crippen LogP contribution >= 0.6 is 23.2 Å². The summed E-state index contributed by atoms with van der Waals surface area (Å²) in [7, 11) is 2.99. The number of carbonyl (C=O) groups excluding carboxylic acids is 1. The minimum atomic E-state index is -0.425. The van der Waals surface area contributed by atoms with Gasteiger partial charge in [-0.3, -0.25) is 9.78 Å². The number of nitrogens with zero attached hydrogens (tertiary/aromatic N) is 2. The van der Waals surface area contributed by atoms with Crippen molar-refractivity contribution < 1.29 is 18.7 Å². The van der Waals surface area contributed by atoms with Crippen molar-refractivity contribution in [2.24, 2.45) is 0 Å². The first-order valence-electron chi connectivity index (χ1n) is 8.57. The molecule has 0 atom stereocenters. The normalized spacial score (nSPS) is 13.9. The number of amides is 1. The maximum atomic E-state index is 13.0. The number of carbonyl (C=O) groups is 1. The molecule has 3 rings (SSSR count). The molecule has 8 heteroatoms. The Labute approximate surface area is 172 Å². The maximum absolute atomic E-state index is 13.0. The Hall–Kier alpha value is -2.31. The van der Waals surface area contributed by atoms with Crippen molar-refractivity contribution in [3.8, 4) is 11.5 Å². The molecule has 28 heavy (non-hydrogen) atoms. The molecule has 0 saturated heterocycles. The van der Waals surface area contributed by atoms with E-state index in [0.717, 1.165) is 17.3 Å². The van der Waals surface area contributed by atoms with Crippen molar-refractivity contribution in [2.45, 2.75) is 19.9 Å². The zero-order chi connectivity index (χ0) is 20.4. The molecule has 1 amide bonds. The van der Waals surface area contributed by atoms with E-state index in [9.17, 15) is 9.18 Å². The fourth-order valence-electron chi connectivity index (χ4n) is 3.19. The molecular weight excluding hydrogens is 406 g/mol. The lowest BCUT2D eigenvalue weighted by Gasteiger charge is -2.31. The van der Waals surface area contributed by atoms with Crippen LogP contribution in [-0.2, 0) is 17.8 Å². The predicted octanol–water partition coefficient (Wildman–Crippen LogP) is 4.53. The van der Waals surface area contributed by atoms with E-state index in [2.05, 4.69) is 4.98 Å². The van der Waals surface area contributed by atoms with Gasteiger partial charge in [-0.25, -0.2) is 4.39 Å². The Bertz CT molecular complexity index is 946. The molecule has 0 N–H and O–H groups in total. The van der Waals surface area contributed by atoms with Crippen LogP contribution in [0.4, 0.5) is 4.39 Å². The highest BCUT2D eigenvalue weighted by Gasteiger charge is 2.29. The molecule has 148 valence electrons. The van der Waals surface area contributed by atoms with Gasteiger partial charge in [-0.05, 0) is 42.2 Å². The predicted molar refractivity (Wildman–Crippen MR) is 107 cm³/mol. The number of rotatable bonds is 4. The summed E-state index contributed by atoms with van der Waals surface area (Å²) in [4.78, 5) is 18.4. The second-order valence-corrected chi connectivity index (χ2v) is 7.11. The van der Waals surface area contributed by atoms with E-state index in [1.54, 1.807) is 11.8 Å². The second-order valence-electron chi connectivity index (χ2n) is 6.35. The number of benzene rings is 1. The van der Waals surface area contributed by atoms with Gasteiger partial charge >= 0.3 is 0 Å². The molecule has 0 unspecified atom stereocenters. The first-order chi connectivity index (χ1) is 13.4. The van der Waals surface area contributed by atoms with Gasteiger partial charge in [0, 0.05) is 19.2 Å². The molecule has 0 radical (unpaired) electrons. The largest absolute Gasteiger partial charge is 0.491 e. The number of pyridine rings is 1. The molecule has 1 aliphatic rings. The van der Waals surface area contributed by atoms with Gasteiger partial charge in [0.2, 0.25) is 5.91 Å². The molecule has 0 spiro atoms. The number of fused-ring (bicyclic) bond motifs is 1. The van der Waals surface area contributed by atoms with Crippen LogP contribution in [0.2, 0.25) is 10.0 Å². The zero-order valence-corrected chi connectivity index (χ0v) is 17.2. The zero-order valence-electron chi connectivity index (χ0n) is 15.7. The highest BCUT2D eigenvalue weighted by atomic mass is 35.5. The van der Waals surface area contributed by atoms with Crippen molar-refractivity contribution in [3.05, 3.63) is 57.1 Å². The van der Waals surface area contributed by atoms with Crippen LogP contribution in [-0.4, -0.2) is 36.6 Å². The monoisotopic (exact) mass is 424 g/mol. The van der Waals surface area contributed by atoms with Crippen molar-refractivity contribution in [1.82, 2.24) is 9.88 Å². The van der Waals surface area contributed by atoms with Crippen LogP contribution < -0.4 is 9.47 Å². The average Bonchev–Trinajstić information content (AvgIpc) is 2.70. The molecule has 1 aromatic heterocycles. The molecule has 1 aromatic carbocycles. The van der Waals surface area contributed by atoms with Gasteiger partial charge in [-0.1, -0.05) is 23.2 Å². The van der Waals surface area contributed by atoms with E-state index in [1.807, 2.05) is 0 Å². The Kier molecular flexibility index (Phi) is 6.10. The van der Waals surface area contributed by atoms with Gasteiger partial charge in [0.15, 0.2) is 11.5 Å². The summed E-state index contributed by atoms with van der Waals surface area (Å²) in [5, 5.41) is 0.838. The van der Waals surface area contributed by atoms with Crippen molar-refractivity contribution in [1.29, 1.82) is 0 Å². The number of methoxy groups -OCH3 is 2. The van der Waals surface area contributed by atoms with Crippen molar-refractivity contribution in [2.75, 3.05) is 20.8 Å². The van der Waals surface area contributed by atoms with Crippen molar-refractivity contribution in [3.63, 3.8) is 0 Å². The second kappa shape index (κ2) is 8.37. The smallest absolute Gasteiger partial charge is 0.247 e. The first kappa shape index (κ1) is 20.4. The fraction of sp³-hybridized carbons (Fsp3) is 0.300. The summed E-state index contributed by atoms with van der Waals surface area (Å²) in [6.07, 6.45) is 3.15. The number of ether oxygens (including phenoxy) is 2. The number of halogens is 3. The third kappa shape index (κ3) is 3.80. The highest BCUT2D eigenvalue weighted by Crippen LogP contribution is 2.47. The lowest BCUT2D eigenvalue weighted by molar-refractivity contribution is -0.126. The molecule has 0 fully saturated rings. The minimum Gasteiger partial charge on any atom is -0.491 e. The van der Waals surface area contributed by atoms with E-state index in [-0.39, 0.29) is 5.91 Å². The molecule has 1 aliphatic heterocycles. The summed E-state index contributed by atoms with van der Waals surface area (Å²) in [5.74, 6) is 0.137. The third-order valence-electron chi connectivity index (χ3n) is 4.67. The molecule has 5 nitrogen and oxygen atoms in total. The molecular formula is C20H19Cl2FN2O3. The van der Waals surface area contributed by atoms with Crippen LogP contribution in [0.15, 0.2) is 24.4 Å². The number of hydrogen-bond acceptors (Lipinski definition) is 4. The molecule has 0 bridgehead atoms. The standard InChI is InChI=1S/C20H19Cl2FN2O3/c1-11(15-5-4-12(23)9-24-15)8-16(26)25-7-6-13-14(10-25)18(22)20(28-3)19(27-2)17(13)21/h4-5,8-9H,6-7,10H2,1-3H3/b11-8-. The van der Waals surface area contributed by atoms with Gasteiger partial charge in [0.25, 0.3) is 0 Å². The lowest BCUT2D eigenvalue weighted by atomic mass is 9.98. The molecule has 2 aromatic rings. The SMILES string of the molecule is COc1c(Cl)c2c(c(Cl)c1OC)CN(C(=O)/C=C(/C)c1ccc(F)cn1)CC2. The Morgan fingerprint density at radius 3 is 2.39 bits per heavy atom. The minimum absolute atomic E-state index is 0.184. The lowest BCUT2D eigenvalue weighted by Crippen LogP contribution is -2.35. The molecule has 2 heterocycles. The van der Waals surface area contributed by atoms with Gasteiger partial charge in [-0.15, -0.1) is 0 Å². The van der Waals surface area contributed by atoms with Crippen LogP contribution in [0.3, 0.4) is 0 Å². The summed E-state index contributed by atoms with van der Waals surface area (Å²) in [6.45, 7) is 2.54. The third-order valence-corrected chi connectivity index (χ3v) is 5.47. The van der Waals surface area contributed by atoms with Gasteiger partial charge < -0.3 is 14.4 Å². The summed E-state index contributed by atoms with van der Waals surface area (Å²) >= 11 is 13.0. The van der Waals surface area contributed by atoms with Gasteiger partial charge in [-0.2, -0.15) is 0 Å². The summed E-state index contributed by atoms with van der Waals surface area (Å²) in [5.41, 5.74) is 2.79. The van der Waals surface area contributed by atoms with Crippen LogP contribution in [0.25, 0.3) is 5.57 Å². The van der Waals surface area contributed by atoms with E-state index in [0.29, 0.717) is 52.3 Å². The van der Waals surface area contributed by atoms with Crippen LogP contribution in [0.1, 0.15) is 23.7 Å². The number of aromatic nitrogens is 1. The van der Waals surface area contributed by atoms with E-state index in [4.69, 9.17) is 32.7 Å². The fourth-order valence-corrected chi connectivity index (χ4v) is 3.90. The quantitative estimate of drug-likeness (QED) is 0.676. The Morgan fingerprint density at radius 2 is 1.82 bits per heavy atom. The van der Waals surface area contributed by atoms with E-state index < -0.39 is 5.82 Å². The van der Waals surface area contributed by atoms with E-state index >= 15 is 0 Å². The van der Waals surface area contributed by atoms with Gasteiger partial charge in [0.05, 0.1) is 36.2 Å². The molecule has 0 saturated carbocycles. The van der Waals surface area contributed by atoms with E-state index in [1.165, 1.54) is 32.4 Å². The van der Waals surface area contributed by atoms with Crippen LogP contribution in [0.5, 0.6) is 11.5 Å². The molecule has 0 aliphatic carbocycles. The topological polar surface area (TPSA) is 51.7 Å². The first-order valence-corrected chi connectivity index (χ1v) is 9.32. The number of allylic oxidation sites excluding steroid dienone is 1. The number of hydrogen-bond donors (Lipinski definition) is 0. The Balaban J connectivity index is 1.88. The Morgan fingerprint density at radius 1 is 1.18 bits per heavy atom. The van der Waals surface area contributed by atoms with Gasteiger partial charge in [0.1, 0.15) is 5.82 Å². The summed E-state index contributed by atoms with van der Waals surface area (Å²) < 4.78 is 23.7. The van der Waals surface area contributed by atoms with Crippen LogP contribution in [0, 0.1) is 5.82 Å². The highest BCUT2D eigenvalue weighted by molar-refractivity contribution is 6.37. The maximum Gasteiger partial charge on any atom is 0.247 e. The summed E-state index contributed by atoms with van der Waals surface area (Å²) in [6, 6.07) is 2.84. The van der Waals surface area contributed by atoms with Crippen molar-refractivity contribution >= 4 is 34.7 Å².